The van der Waals surface area contributed by atoms with Crippen LogP contribution in [0.3, 0.4) is 0 Å². The predicted octanol–water partition coefficient (Wildman–Crippen LogP) is 3.17. The first-order chi connectivity index (χ1) is 14.1. The number of hydrogen-bond donors (Lipinski definition) is 0. The second-order valence-corrected chi connectivity index (χ2v) is 10.1. The molecule has 1 aromatic rings. The number of hydrogen-bond acceptors (Lipinski definition) is 5. The van der Waals surface area contributed by atoms with Crippen molar-refractivity contribution in [2.24, 2.45) is 11.8 Å². The number of sulfonamides is 1. The Morgan fingerprint density at radius 3 is 2.47 bits per heavy atom. The molecule has 2 aliphatic rings. The monoisotopic (exact) mass is 449 g/mol. The van der Waals surface area contributed by atoms with Crippen LogP contribution in [-0.2, 0) is 20.9 Å². The van der Waals surface area contributed by atoms with Crippen molar-refractivity contribution in [3.8, 4) is 0 Å². The van der Waals surface area contributed by atoms with Gasteiger partial charge in [-0.05, 0) is 43.7 Å². The van der Waals surface area contributed by atoms with E-state index in [1.807, 2.05) is 0 Å². The highest BCUT2D eigenvalue weighted by molar-refractivity contribution is 7.89. The molecular weight excluding hydrogens is 419 g/mol. The van der Waals surface area contributed by atoms with E-state index in [1.54, 1.807) is 0 Å². The van der Waals surface area contributed by atoms with Gasteiger partial charge in [0.05, 0.1) is 5.69 Å². The Morgan fingerprint density at radius 2 is 1.93 bits per heavy atom. The zero-order valence-electron chi connectivity index (χ0n) is 17.5. The van der Waals surface area contributed by atoms with E-state index in [2.05, 4.69) is 16.8 Å². The lowest BCUT2D eigenvalue weighted by molar-refractivity contribution is -0.141. The van der Waals surface area contributed by atoms with Crippen LogP contribution < -0.4 is 0 Å². The molecule has 0 N–H and O–H groups in total. The summed E-state index contributed by atoms with van der Waals surface area (Å²) in [6, 6.07) is 1.75. The maximum atomic E-state index is 13.0. The van der Waals surface area contributed by atoms with Crippen LogP contribution in [0.2, 0.25) is 0 Å². The highest BCUT2D eigenvalue weighted by atomic mass is 32.2. The van der Waals surface area contributed by atoms with Crippen LogP contribution in [0.15, 0.2) is 17.0 Å². The van der Waals surface area contributed by atoms with Crippen LogP contribution in [0.4, 0.5) is 13.2 Å². The van der Waals surface area contributed by atoms with Gasteiger partial charge in [-0.3, -0.25) is 0 Å². The van der Waals surface area contributed by atoms with Crippen molar-refractivity contribution in [2.45, 2.75) is 44.2 Å². The maximum absolute atomic E-state index is 13.0. The first-order valence-corrected chi connectivity index (χ1v) is 11.9. The summed E-state index contributed by atoms with van der Waals surface area (Å²) >= 11 is 0. The number of ether oxygens (including phenoxy) is 1. The number of nitrogens with zero attached hydrogens (tertiary/aromatic N) is 3. The minimum atomic E-state index is -4.60. The molecule has 0 spiro atoms. The fourth-order valence-corrected chi connectivity index (χ4v) is 5.95. The van der Waals surface area contributed by atoms with Gasteiger partial charge in [0, 0.05) is 45.9 Å². The molecule has 6 nitrogen and oxygen atoms in total. The van der Waals surface area contributed by atoms with Gasteiger partial charge in [-0.25, -0.2) is 13.4 Å². The Morgan fingerprint density at radius 1 is 1.23 bits per heavy atom. The number of pyridine rings is 1. The third-order valence-electron chi connectivity index (χ3n) is 6.06. The molecule has 1 unspecified atom stereocenters. The Hall–Kier alpha value is -1.23. The van der Waals surface area contributed by atoms with E-state index in [0.717, 1.165) is 51.2 Å². The van der Waals surface area contributed by atoms with Crippen molar-refractivity contribution in [1.82, 2.24) is 14.2 Å². The Labute approximate surface area is 176 Å². The Balaban J connectivity index is 1.63. The highest BCUT2D eigenvalue weighted by Crippen LogP contribution is 2.30. The van der Waals surface area contributed by atoms with Gasteiger partial charge in [-0.1, -0.05) is 13.3 Å². The maximum Gasteiger partial charge on any atom is 0.433 e. The van der Waals surface area contributed by atoms with E-state index < -0.39 is 21.9 Å². The molecule has 0 aromatic carbocycles. The number of rotatable bonds is 7. The molecule has 3 heterocycles. The van der Waals surface area contributed by atoms with E-state index in [0.29, 0.717) is 38.0 Å². The molecule has 30 heavy (non-hydrogen) atoms. The minimum absolute atomic E-state index is 0.128. The molecule has 2 atom stereocenters. The molecule has 1 aromatic heterocycles. The number of aromatic nitrogens is 1. The van der Waals surface area contributed by atoms with Crippen molar-refractivity contribution >= 4 is 10.0 Å². The molecule has 0 amide bonds. The van der Waals surface area contributed by atoms with Gasteiger partial charge in [0.2, 0.25) is 10.0 Å². The predicted molar refractivity (Wildman–Crippen MR) is 106 cm³/mol. The number of aryl methyl sites for hydroxylation is 1. The molecule has 0 aliphatic carbocycles. The molecule has 0 radical (unpaired) electrons. The van der Waals surface area contributed by atoms with Crippen molar-refractivity contribution in [2.75, 3.05) is 45.9 Å². The lowest BCUT2D eigenvalue weighted by atomic mass is 9.87. The number of alkyl halides is 3. The third-order valence-corrected chi connectivity index (χ3v) is 8.09. The molecule has 10 heteroatoms. The summed E-state index contributed by atoms with van der Waals surface area (Å²) < 4.78 is 71.3. The molecular formula is C20H30F3N3O3S. The van der Waals surface area contributed by atoms with E-state index in [9.17, 15) is 21.6 Å². The fraction of sp³-hybridized carbons (Fsp3) is 0.750. The number of piperazine rings is 1. The average molecular weight is 450 g/mol. The van der Waals surface area contributed by atoms with Crippen molar-refractivity contribution < 1.29 is 26.3 Å². The second kappa shape index (κ2) is 9.50. The Kier molecular flexibility index (Phi) is 7.42. The normalized spacial score (nSPS) is 23.0. The molecule has 3 rings (SSSR count). The summed E-state index contributed by atoms with van der Waals surface area (Å²) in [6.45, 7) is 7.89. The molecule has 170 valence electrons. The largest absolute Gasteiger partial charge is 0.433 e. The van der Waals surface area contributed by atoms with Gasteiger partial charge < -0.3 is 9.64 Å². The van der Waals surface area contributed by atoms with Crippen LogP contribution in [0.25, 0.3) is 0 Å². The van der Waals surface area contributed by atoms with Gasteiger partial charge in [-0.2, -0.15) is 17.5 Å². The SMILES string of the molecule is CCCC(CN1CCN(S(=O)(=O)c2ccc(C(F)(F)F)nc2C)CC1)[C@H]1CCOC1. The van der Waals surface area contributed by atoms with E-state index >= 15 is 0 Å². The van der Waals surface area contributed by atoms with Crippen molar-refractivity contribution in [3.05, 3.63) is 23.5 Å². The lowest BCUT2D eigenvalue weighted by Crippen LogP contribution is -2.50. The van der Waals surface area contributed by atoms with E-state index in [4.69, 9.17) is 4.74 Å². The third kappa shape index (κ3) is 5.33. The second-order valence-electron chi connectivity index (χ2n) is 8.15. The summed E-state index contributed by atoms with van der Waals surface area (Å²) in [5, 5.41) is 0. The smallest absolute Gasteiger partial charge is 0.381 e. The first-order valence-electron chi connectivity index (χ1n) is 10.5. The summed E-state index contributed by atoms with van der Waals surface area (Å²) in [7, 11) is -3.88. The van der Waals surface area contributed by atoms with Crippen LogP contribution in [0.5, 0.6) is 0 Å². The Bertz CT molecular complexity index is 818. The fourth-order valence-electron chi connectivity index (χ4n) is 4.37. The van der Waals surface area contributed by atoms with Gasteiger partial charge in [-0.15, -0.1) is 0 Å². The lowest BCUT2D eigenvalue weighted by Gasteiger charge is -2.37. The van der Waals surface area contributed by atoms with Crippen LogP contribution in [0, 0.1) is 18.8 Å². The first kappa shape index (κ1) is 23.4. The highest BCUT2D eigenvalue weighted by Gasteiger charge is 2.36. The van der Waals surface area contributed by atoms with E-state index in [-0.39, 0.29) is 10.6 Å². The molecule has 2 fully saturated rings. The average Bonchev–Trinajstić information content (AvgIpc) is 3.22. The molecule has 0 bridgehead atoms. The van der Waals surface area contributed by atoms with Crippen LogP contribution in [-0.4, -0.2) is 68.5 Å². The molecule has 2 aliphatic heterocycles. The van der Waals surface area contributed by atoms with Crippen LogP contribution >= 0.6 is 0 Å². The minimum Gasteiger partial charge on any atom is -0.381 e. The van der Waals surface area contributed by atoms with Crippen molar-refractivity contribution in [3.63, 3.8) is 0 Å². The van der Waals surface area contributed by atoms with Crippen LogP contribution in [0.1, 0.15) is 37.6 Å². The summed E-state index contributed by atoms with van der Waals surface area (Å²) in [5.74, 6) is 1.11. The molecule has 2 saturated heterocycles. The zero-order chi connectivity index (χ0) is 21.9. The van der Waals surface area contributed by atoms with Gasteiger partial charge in [0.1, 0.15) is 10.6 Å². The summed E-state index contributed by atoms with van der Waals surface area (Å²) in [4.78, 5) is 5.61. The molecule has 0 saturated carbocycles. The zero-order valence-corrected chi connectivity index (χ0v) is 18.3. The quantitative estimate of drug-likeness (QED) is 0.640. The van der Waals surface area contributed by atoms with Gasteiger partial charge in [0.25, 0.3) is 0 Å². The standard InChI is InChI=1S/C20H30F3N3O3S/c1-3-4-16(17-7-12-29-14-17)13-25-8-10-26(11-9-25)30(27,28)18-5-6-19(20(21,22)23)24-15(18)2/h5-6,16-17H,3-4,7-14H2,1-2H3/t16?,17-/m0/s1. The topological polar surface area (TPSA) is 62.7 Å². The van der Waals surface area contributed by atoms with Gasteiger partial charge >= 0.3 is 6.18 Å². The summed E-state index contributed by atoms with van der Waals surface area (Å²) in [5.41, 5.74) is -1.21. The number of halogens is 3. The van der Waals surface area contributed by atoms with Gasteiger partial charge in [0.15, 0.2) is 0 Å². The summed E-state index contributed by atoms with van der Waals surface area (Å²) in [6.07, 6.45) is -1.28. The van der Waals surface area contributed by atoms with E-state index in [1.165, 1.54) is 11.2 Å². The van der Waals surface area contributed by atoms with Crippen molar-refractivity contribution in [1.29, 1.82) is 0 Å².